The monoisotopic (exact) mass is 208 g/mol. The van der Waals surface area contributed by atoms with Gasteiger partial charge in [-0.1, -0.05) is 37.5 Å². The van der Waals surface area contributed by atoms with Crippen LogP contribution in [0.5, 0.6) is 0 Å². The largest absolute Gasteiger partial charge is 0.389 e. The first-order chi connectivity index (χ1) is 7.15. The number of aliphatic hydroxyl groups excluding tert-OH is 1. The van der Waals surface area contributed by atoms with Gasteiger partial charge in [0.2, 0.25) is 0 Å². The SMILES string of the molecule is CCCCC=C(C)C1CC=C(C)C(O)C1. The molecule has 1 heteroatoms. The highest BCUT2D eigenvalue weighted by molar-refractivity contribution is 5.16. The highest BCUT2D eigenvalue weighted by Gasteiger charge is 2.20. The Morgan fingerprint density at radius 3 is 2.93 bits per heavy atom. The first kappa shape index (κ1) is 12.5. The van der Waals surface area contributed by atoms with E-state index < -0.39 is 0 Å². The quantitative estimate of drug-likeness (QED) is 0.550. The molecule has 2 unspecified atom stereocenters. The van der Waals surface area contributed by atoms with Crippen LogP contribution in [-0.4, -0.2) is 11.2 Å². The standard InChI is InChI=1S/C14H24O/c1-4-5-6-7-11(2)13-9-8-12(3)14(15)10-13/h7-8,13-15H,4-6,9-10H2,1-3H3. The molecule has 0 amide bonds. The fraction of sp³-hybridized carbons (Fsp3) is 0.714. The van der Waals surface area contributed by atoms with Gasteiger partial charge in [-0.3, -0.25) is 0 Å². The van der Waals surface area contributed by atoms with E-state index in [0.717, 1.165) is 18.4 Å². The molecule has 1 rings (SSSR count). The molecule has 1 nitrogen and oxygen atoms in total. The van der Waals surface area contributed by atoms with E-state index in [1.54, 1.807) is 0 Å². The van der Waals surface area contributed by atoms with Gasteiger partial charge in [0.25, 0.3) is 0 Å². The van der Waals surface area contributed by atoms with E-state index in [9.17, 15) is 5.11 Å². The highest BCUT2D eigenvalue weighted by Crippen LogP contribution is 2.29. The molecule has 0 aromatic carbocycles. The Bertz CT molecular complexity index is 250. The van der Waals surface area contributed by atoms with Gasteiger partial charge in [0.1, 0.15) is 0 Å². The molecule has 0 fully saturated rings. The maximum atomic E-state index is 9.77. The van der Waals surface area contributed by atoms with Crippen LogP contribution < -0.4 is 0 Å². The van der Waals surface area contributed by atoms with Crippen molar-refractivity contribution in [3.8, 4) is 0 Å². The summed E-state index contributed by atoms with van der Waals surface area (Å²) >= 11 is 0. The Hall–Kier alpha value is -0.560. The first-order valence-electron chi connectivity index (χ1n) is 6.16. The van der Waals surface area contributed by atoms with Gasteiger partial charge in [0.15, 0.2) is 0 Å². The first-order valence-corrected chi connectivity index (χ1v) is 6.16. The minimum absolute atomic E-state index is 0.210. The highest BCUT2D eigenvalue weighted by atomic mass is 16.3. The van der Waals surface area contributed by atoms with E-state index in [1.165, 1.54) is 24.8 Å². The normalized spacial score (nSPS) is 27.7. The Morgan fingerprint density at radius 2 is 2.33 bits per heavy atom. The zero-order valence-corrected chi connectivity index (χ0v) is 10.3. The summed E-state index contributed by atoms with van der Waals surface area (Å²) in [7, 11) is 0. The molecule has 15 heavy (non-hydrogen) atoms. The lowest BCUT2D eigenvalue weighted by Gasteiger charge is -2.25. The van der Waals surface area contributed by atoms with Crippen molar-refractivity contribution in [1.29, 1.82) is 0 Å². The molecule has 0 heterocycles. The van der Waals surface area contributed by atoms with E-state index >= 15 is 0 Å². The number of hydrogen-bond acceptors (Lipinski definition) is 1. The van der Waals surface area contributed by atoms with Crippen molar-refractivity contribution in [2.75, 3.05) is 0 Å². The van der Waals surface area contributed by atoms with Crippen molar-refractivity contribution < 1.29 is 5.11 Å². The third-order valence-corrected chi connectivity index (χ3v) is 3.43. The zero-order valence-electron chi connectivity index (χ0n) is 10.3. The van der Waals surface area contributed by atoms with Crippen LogP contribution in [0.1, 0.15) is 52.9 Å². The van der Waals surface area contributed by atoms with Crippen LogP contribution in [0.3, 0.4) is 0 Å². The van der Waals surface area contributed by atoms with Gasteiger partial charge in [-0.25, -0.2) is 0 Å². The Balaban J connectivity index is 2.48. The van der Waals surface area contributed by atoms with E-state index in [4.69, 9.17) is 0 Å². The number of unbranched alkanes of at least 4 members (excludes halogenated alkanes) is 2. The summed E-state index contributed by atoms with van der Waals surface area (Å²) in [5.41, 5.74) is 2.61. The molecule has 1 N–H and O–H groups in total. The van der Waals surface area contributed by atoms with Crippen LogP contribution in [0.25, 0.3) is 0 Å². The minimum Gasteiger partial charge on any atom is -0.389 e. The summed E-state index contributed by atoms with van der Waals surface area (Å²) in [5.74, 6) is 0.570. The molecule has 0 aliphatic heterocycles. The second-order valence-electron chi connectivity index (χ2n) is 4.72. The van der Waals surface area contributed by atoms with Crippen LogP contribution in [0.15, 0.2) is 23.3 Å². The molecule has 0 radical (unpaired) electrons. The van der Waals surface area contributed by atoms with E-state index in [0.29, 0.717) is 5.92 Å². The Kier molecular flexibility index (Phi) is 5.10. The van der Waals surface area contributed by atoms with Crippen molar-refractivity contribution >= 4 is 0 Å². The van der Waals surface area contributed by atoms with Gasteiger partial charge in [-0.05, 0) is 44.6 Å². The average molecular weight is 208 g/mol. The molecule has 2 atom stereocenters. The predicted octanol–water partition coefficient (Wildman–Crippen LogP) is 3.84. The van der Waals surface area contributed by atoms with Crippen LogP contribution in [0.4, 0.5) is 0 Å². The fourth-order valence-electron chi connectivity index (χ4n) is 2.09. The Labute approximate surface area is 93.9 Å². The van der Waals surface area contributed by atoms with E-state index in [2.05, 4.69) is 26.0 Å². The lowest BCUT2D eigenvalue weighted by atomic mass is 9.83. The maximum Gasteiger partial charge on any atom is 0.0753 e. The van der Waals surface area contributed by atoms with Gasteiger partial charge in [0.05, 0.1) is 6.10 Å². The smallest absolute Gasteiger partial charge is 0.0753 e. The summed E-state index contributed by atoms with van der Waals surface area (Å²) in [6, 6.07) is 0. The lowest BCUT2D eigenvalue weighted by Crippen LogP contribution is -2.19. The van der Waals surface area contributed by atoms with Crippen molar-refractivity contribution in [2.45, 2.75) is 59.0 Å². The Morgan fingerprint density at radius 1 is 1.60 bits per heavy atom. The molecule has 0 saturated heterocycles. The summed E-state index contributed by atoms with van der Waals surface area (Å²) in [4.78, 5) is 0. The molecule has 1 aliphatic carbocycles. The van der Waals surface area contributed by atoms with Crippen molar-refractivity contribution in [3.63, 3.8) is 0 Å². The summed E-state index contributed by atoms with van der Waals surface area (Å²) < 4.78 is 0. The molecule has 0 saturated carbocycles. The van der Waals surface area contributed by atoms with Crippen molar-refractivity contribution in [2.24, 2.45) is 5.92 Å². The van der Waals surface area contributed by atoms with Crippen molar-refractivity contribution in [3.05, 3.63) is 23.3 Å². The zero-order chi connectivity index (χ0) is 11.3. The van der Waals surface area contributed by atoms with E-state index in [-0.39, 0.29) is 6.10 Å². The molecule has 0 aromatic rings. The predicted molar refractivity (Wildman–Crippen MR) is 65.8 cm³/mol. The molecule has 86 valence electrons. The van der Waals surface area contributed by atoms with Gasteiger partial charge in [-0.15, -0.1) is 0 Å². The number of allylic oxidation sites excluding steroid dienone is 3. The minimum atomic E-state index is -0.210. The van der Waals surface area contributed by atoms with Gasteiger partial charge in [0, 0.05) is 0 Å². The van der Waals surface area contributed by atoms with Crippen LogP contribution in [0, 0.1) is 5.92 Å². The summed E-state index contributed by atoms with van der Waals surface area (Å²) in [5, 5.41) is 9.77. The number of rotatable bonds is 4. The van der Waals surface area contributed by atoms with Gasteiger partial charge >= 0.3 is 0 Å². The molecule has 0 bridgehead atoms. The van der Waals surface area contributed by atoms with E-state index in [1.807, 2.05) is 6.92 Å². The van der Waals surface area contributed by atoms with Crippen molar-refractivity contribution in [1.82, 2.24) is 0 Å². The molecule has 0 spiro atoms. The third kappa shape index (κ3) is 3.83. The molecule has 1 aliphatic rings. The third-order valence-electron chi connectivity index (χ3n) is 3.43. The van der Waals surface area contributed by atoms with Crippen LogP contribution in [-0.2, 0) is 0 Å². The van der Waals surface area contributed by atoms with Crippen LogP contribution >= 0.6 is 0 Å². The van der Waals surface area contributed by atoms with Gasteiger partial charge < -0.3 is 5.11 Å². The second kappa shape index (κ2) is 6.12. The number of hydrogen-bond donors (Lipinski definition) is 1. The fourth-order valence-corrected chi connectivity index (χ4v) is 2.09. The van der Waals surface area contributed by atoms with Crippen LogP contribution in [0.2, 0.25) is 0 Å². The second-order valence-corrected chi connectivity index (χ2v) is 4.72. The molecule has 0 aromatic heterocycles. The maximum absolute atomic E-state index is 9.77. The molecular weight excluding hydrogens is 184 g/mol. The summed E-state index contributed by atoms with van der Waals surface area (Å²) in [6.07, 6.45) is 10.1. The van der Waals surface area contributed by atoms with Gasteiger partial charge in [-0.2, -0.15) is 0 Å². The summed E-state index contributed by atoms with van der Waals surface area (Å²) in [6.45, 7) is 6.46. The number of aliphatic hydroxyl groups is 1. The molecular formula is C14H24O. The topological polar surface area (TPSA) is 20.2 Å². The average Bonchev–Trinajstić information content (AvgIpc) is 2.22. The lowest BCUT2D eigenvalue weighted by molar-refractivity contribution is 0.174.